The first-order valence-corrected chi connectivity index (χ1v) is 7.53. The number of piperazine rings is 1. The van der Waals surface area contributed by atoms with Crippen LogP contribution in [-0.2, 0) is 11.2 Å². The molecule has 0 unspecified atom stereocenters. The van der Waals surface area contributed by atoms with E-state index in [4.69, 9.17) is 0 Å². The molecule has 1 N–H and O–H groups in total. The first-order valence-electron chi connectivity index (χ1n) is 6.71. The Hall–Kier alpha value is -0.870. The van der Waals surface area contributed by atoms with E-state index in [0.29, 0.717) is 12.3 Å². The average Bonchev–Trinajstić information content (AvgIpc) is 2.69. The number of rotatable bonds is 4. The molecule has 3 nitrogen and oxygen atoms in total. The summed E-state index contributed by atoms with van der Waals surface area (Å²) in [6, 6.07) is 2.26. The molecule has 0 saturated carbocycles. The van der Waals surface area contributed by atoms with E-state index in [2.05, 4.69) is 25.2 Å². The first-order chi connectivity index (χ1) is 8.66. The Labute approximate surface area is 113 Å². The zero-order valence-corrected chi connectivity index (χ0v) is 12.1. The van der Waals surface area contributed by atoms with Crippen LogP contribution in [0.2, 0.25) is 0 Å². The van der Waals surface area contributed by atoms with Gasteiger partial charge in [0.25, 0.3) is 0 Å². The van der Waals surface area contributed by atoms with Gasteiger partial charge in [0.05, 0.1) is 0 Å². The molecule has 1 fully saturated rings. The van der Waals surface area contributed by atoms with Crippen molar-refractivity contribution in [2.45, 2.75) is 33.1 Å². The van der Waals surface area contributed by atoms with Gasteiger partial charge < -0.3 is 10.2 Å². The van der Waals surface area contributed by atoms with Crippen molar-refractivity contribution in [2.75, 3.05) is 26.2 Å². The highest BCUT2D eigenvalue weighted by molar-refractivity contribution is 7.12. The molecule has 0 atom stereocenters. The van der Waals surface area contributed by atoms with Crippen LogP contribution in [-0.4, -0.2) is 37.0 Å². The SMILES string of the molecule is Cc1cc(CCCC(=O)N2CCNCC2)c(C)s1. The Bertz CT molecular complexity index is 408. The average molecular weight is 266 g/mol. The number of nitrogens with one attached hydrogen (secondary N) is 1. The topological polar surface area (TPSA) is 32.3 Å². The molecular formula is C14H22N2OS. The second-order valence-electron chi connectivity index (χ2n) is 4.92. The van der Waals surface area contributed by atoms with Crippen molar-refractivity contribution < 1.29 is 4.79 Å². The van der Waals surface area contributed by atoms with Crippen LogP contribution < -0.4 is 5.32 Å². The van der Waals surface area contributed by atoms with E-state index in [-0.39, 0.29) is 0 Å². The van der Waals surface area contributed by atoms with Gasteiger partial charge in [-0.2, -0.15) is 0 Å². The molecular weight excluding hydrogens is 244 g/mol. The van der Waals surface area contributed by atoms with Crippen molar-refractivity contribution in [3.05, 3.63) is 21.4 Å². The minimum absolute atomic E-state index is 0.320. The van der Waals surface area contributed by atoms with Gasteiger partial charge in [0.2, 0.25) is 5.91 Å². The maximum absolute atomic E-state index is 12.0. The third kappa shape index (κ3) is 3.56. The highest BCUT2D eigenvalue weighted by Gasteiger charge is 2.15. The highest BCUT2D eigenvalue weighted by atomic mass is 32.1. The number of thiophene rings is 1. The molecule has 4 heteroatoms. The summed E-state index contributed by atoms with van der Waals surface area (Å²) in [5.74, 6) is 0.320. The smallest absolute Gasteiger partial charge is 0.222 e. The Kier molecular flexibility index (Phi) is 4.78. The molecule has 1 saturated heterocycles. The minimum Gasteiger partial charge on any atom is -0.340 e. The summed E-state index contributed by atoms with van der Waals surface area (Å²) in [5, 5.41) is 3.27. The van der Waals surface area contributed by atoms with Crippen molar-refractivity contribution in [2.24, 2.45) is 0 Å². The van der Waals surface area contributed by atoms with Crippen molar-refractivity contribution in [1.82, 2.24) is 10.2 Å². The second kappa shape index (κ2) is 6.34. The third-order valence-corrected chi connectivity index (χ3v) is 4.46. The molecule has 100 valence electrons. The summed E-state index contributed by atoms with van der Waals surface area (Å²) in [7, 11) is 0. The zero-order valence-electron chi connectivity index (χ0n) is 11.3. The molecule has 1 amide bonds. The van der Waals surface area contributed by atoms with Crippen LogP contribution in [0, 0.1) is 13.8 Å². The minimum atomic E-state index is 0.320. The highest BCUT2D eigenvalue weighted by Crippen LogP contribution is 2.22. The lowest BCUT2D eigenvalue weighted by atomic mass is 10.1. The summed E-state index contributed by atoms with van der Waals surface area (Å²) >= 11 is 1.85. The normalized spacial score (nSPS) is 16.0. The standard InChI is InChI=1S/C14H22N2OS/c1-11-10-13(12(2)18-11)4-3-5-14(17)16-8-6-15-7-9-16/h10,15H,3-9H2,1-2H3. The summed E-state index contributed by atoms with van der Waals surface area (Å²) in [4.78, 5) is 16.7. The molecule has 0 spiro atoms. The van der Waals surface area contributed by atoms with Gasteiger partial charge in [-0.15, -0.1) is 11.3 Å². The molecule has 0 bridgehead atoms. The fraction of sp³-hybridized carbons (Fsp3) is 0.643. The van der Waals surface area contributed by atoms with Gasteiger partial charge in [-0.1, -0.05) is 0 Å². The Morgan fingerprint density at radius 1 is 1.39 bits per heavy atom. The predicted molar refractivity (Wildman–Crippen MR) is 76.2 cm³/mol. The van der Waals surface area contributed by atoms with Gasteiger partial charge in [0.15, 0.2) is 0 Å². The maximum atomic E-state index is 12.0. The van der Waals surface area contributed by atoms with Crippen molar-refractivity contribution >= 4 is 17.2 Å². The largest absolute Gasteiger partial charge is 0.340 e. The van der Waals surface area contributed by atoms with Crippen molar-refractivity contribution in [3.63, 3.8) is 0 Å². The van der Waals surface area contributed by atoms with E-state index in [1.54, 1.807) is 0 Å². The maximum Gasteiger partial charge on any atom is 0.222 e. The Balaban J connectivity index is 1.74. The van der Waals surface area contributed by atoms with Gasteiger partial charge in [0, 0.05) is 42.4 Å². The van der Waals surface area contributed by atoms with Gasteiger partial charge in [-0.05, 0) is 38.3 Å². The lowest BCUT2D eigenvalue weighted by Gasteiger charge is -2.27. The molecule has 0 aliphatic carbocycles. The first kappa shape index (κ1) is 13.6. The number of hydrogen-bond donors (Lipinski definition) is 1. The van der Waals surface area contributed by atoms with E-state index in [1.807, 2.05) is 16.2 Å². The molecule has 1 aliphatic heterocycles. The van der Waals surface area contributed by atoms with E-state index >= 15 is 0 Å². The van der Waals surface area contributed by atoms with Crippen LogP contribution in [0.4, 0.5) is 0 Å². The lowest BCUT2D eigenvalue weighted by Crippen LogP contribution is -2.46. The van der Waals surface area contributed by atoms with Gasteiger partial charge >= 0.3 is 0 Å². The predicted octanol–water partition coefficient (Wildman–Crippen LogP) is 2.12. The number of hydrogen-bond acceptors (Lipinski definition) is 3. The summed E-state index contributed by atoms with van der Waals surface area (Å²) in [6.45, 7) is 7.94. The second-order valence-corrected chi connectivity index (χ2v) is 6.38. The number of carbonyl (C=O) groups excluding carboxylic acids is 1. The van der Waals surface area contributed by atoms with Crippen molar-refractivity contribution in [1.29, 1.82) is 0 Å². The van der Waals surface area contributed by atoms with E-state index in [0.717, 1.165) is 39.0 Å². The van der Waals surface area contributed by atoms with Crippen LogP contribution in [0.5, 0.6) is 0 Å². The fourth-order valence-electron chi connectivity index (χ4n) is 2.43. The molecule has 1 aromatic heterocycles. The van der Waals surface area contributed by atoms with Gasteiger partial charge in [-0.25, -0.2) is 0 Å². The molecule has 2 heterocycles. The summed E-state index contributed by atoms with van der Waals surface area (Å²) in [5.41, 5.74) is 1.42. The lowest BCUT2D eigenvalue weighted by molar-refractivity contribution is -0.131. The summed E-state index contributed by atoms with van der Waals surface area (Å²) < 4.78 is 0. The molecule has 18 heavy (non-hydrogen) atoms. The molecule has 1 aliphatic rings. The number of carbonyl (C=O) groups is 1. The number of amides is 1. The summed E-state index contributed by atoms with van der Waals surface area (Å²) in [6.07, 6.45) is 2.70. The van der Waals surface area contributed by atoms with Gasteiger partial charge in [0.1, 0.15) is 0 Å². The van der Waals surface area contributed by atoms with Crippen LogP contribution in [0.3, 0.4) is 0 Å². The molecule has 2 rings (SSSR count). The van der Waals surface area contributed by atoms with Crippen LogP contribution >= 0.6 is 11.3 Å². The molecule has 1 aromatic rings. The fourth-order valence-corrected chi connectivity index (χ4v) is 3.41. The number of aryl methyl sites for hydroxylation is 3. The Morgan fingerprint density at radius 3 is 2.72 bits per heavy atom. The van der Waals surface area contributed by atoms with Crippen LogP contribution in [0.25, 0.3) is 0 Å². The monoisotopic (exact) mass is 266 g/mol. The molecule has 0 aromatic carbocycles. The zero-order chi connectivity index (χ0) is 13.0. The van der Waals surface area contributed by atoms with Crippen LogP contribution in [0.15, 0.2) is 6.07 Å². The van der Waals surface area contributed by atoms with E-state index in [1.165, 1.54) is 15.3 Å². The van der Waals surface area contributed by atoms with E-state index in [9.17, 15) is 4.79 Å². The van der Waals surface area contributed by atoms with Crippen molar-refractivity contribution in [3.8, 4) is 0 Å². The van der Waals surface area contributed by atoms with Gasteiger partial charge in [-0.3, -0.25) is 4.79 Å². The quantitative estimate of drug-likeness (QED) is 0.905. The third-order valence-electron chi connectivity index (χ3n) is 3.45. The molecule has 0 radical (unpaired) electrons. The van der Waals surface area contributed by atoms with E-state index < -0.39 is 0 Å². The number of nitrogens with zero attached hydrogens (tertiary/aromatic N) is 1. The Morgan fingerprint density at radius 2 is 2.11 bits per heavy atom. The van der Waals surface area contributed by atoms with Crippen LogP contribution in [0.1, 0.15) is 28.2 Å².